The SMILES string of the molecule is COc1cccc([C@H]2OC(=O)c3ccccc3[C@@H]2C(=O)O)c1. The molecule has 0 aromatic heterocycles. The fraction of sp³-hybridized carbons (Fsp3) is 0.176. The van der Waals surface area contributed by atoms with Crippen molar-refractivity contribution in [3.05, 3.63) is 65.2 Å². The van der Waals surface area contributed by atoms with E-state index < -0.39 is 24.0 Å². The van der Waals surface area contributed by atoms with E-state index in [4.69, 9.17) is 9.47 Å². The lowest BCUT2D eigenvalue weighted by Crippen LogP contribution is -2.31. The lowest BCUT2D eigenvalue weighted by molar-refractivity contribution is -0.142. The molecule has 0 aliphatic carbocycles. The zero-order valence-electron chi connectivity index (χ0n) is 11.9. The standard InChI is InChI=1S/C17H14O5/c1-21-11-6-4-5-10(9-11)15-14(16(18)19)12-7-2-3-8-13(12)17(20)22-15/h2-9,14-15H,1H3,(H,18,19)/t14-,15+/m0/s1. The van der Waals surface area contributed by atoms with Crippen molar-refractivity contribution in [2.45, 2.75) is 12.0 Å². The molecule has 1 heterocycles. The Morgan fingerprint density at radius 3 is 2.68 bits per heavy atom. The second-order valence-electron chi connectivity index (χ2n) is 5.01. The minimum absolute atomic E-state index is 0.300. The average Bonchev–Trinajstić information content (AvgIpc) is 2.54. The second kappa shape index (κ2) is 5.52. The highest BCUT2D eigenvalue weighted by Crippen LogP contribution is 2.41. The summed E-state index contributed by atoms with van der Waals surface area (Å²) < 4.78 is 10.5. The molecule has 2 aromatic rings. The molecule has 2 atom stereocenters. The lowest BCUT2D eigenvalue weighted by atomic mass is 9.84. The number of methoxy groups -OCH3 is 1. The first-order chi connectivity index (χ1) is 10.6. The third-order valence-corrected chi connectivity index (χ3v) is 3.74. The number of esters is 1. The van der Waals surface area contributed by atoms with Crippen LogP contribution in [0.4, 0.5) is 0 Å². The minimum atomic E-state index is -1.03. The van der Waals surface area contributed by atoms with Gasteiger partial charge in [0.15, 0.2) is 0 Å². The van der Waals surface area contributed by atoms with Gasteiger partial charge in [0.25, 0.3) is 0 Å². The minimum Gasteiger partial charge on any atom is -0.497 e. The van der Waals surface area contributed by atoms with Gasteiger partial charge >= 0.3 is 11.9 Å². The number of carbonyl (C=O) groups is 2. The van der Waals surface area contributed by atoms with Crippen molar-refractivity contribution < 1.29 is 24.2 Å². The Kier molecular flexibility index (Phi) is 3.55. The summed E-state index contributed by atoms with van der Waals surface area (Å²) in [4.78, 5) is 23.9. The first kappa shape index (κ1) is 14.1. The van der Waals surface area contributed by atoms with Gasteiger partial charge in [-0.05, 0) is 29.3 Å². The molecule has 0 bridgehead atoms. The molecule has 0 fully saturated rings. The molecule has 1 aliphatic rings. The van der Waals surface area contributed by atoms with Crippen LogP contribution >= 0.6 is 0 Å². The van der Waals surface area contributed by atoms with Crippen molar-refractivity contribution in [1.29, 1.82) is 0 Å². The van der Waals surface area contributed by atoms with Gasteiger partial charge < -0.3 is 14.6 Å². The molecule has 0 radical (unpaired) electrons. The number of carbonyl (C=O) groups excluding carboxylic acids is 1. The Bertz CT molecular complexity index is 737. The summed E-state index contributed by atoms with van der Waals surface area (Å²) in [5, 5.41) is 9.61. The van der Waals surface area contributed by atoms with Crippen LogP contribution in [0.5, 0.6) is 5.75 Å². The van der Waals surface area contributed by atoms with Crippen LogP contribution in [0.3, 0.4) is 0 Å². The van der Waals surface area contributed by atoms with E-state index in [1.807, 2.05) is 0 Å². The Balaban J connectivity index is 2.11. The Morgan fingerprint density at radius 1 is 1.18 bits per heavy atom. The normalized spacial score (nSPS) is 20.0. The van der Waals surface area contributed by atoms with Crippen LogP contribution in [0.15, 0.2) is 48.5 Å². The molecule has 1 aliphatic heterocycles. The zero-order chi connectivity index (χ0) is 15.7. The summed E-state index contributed by atoms with van der Waals surface area (Å²) in [5.74, 6) is -1.91. The molecule has 2 aromatic carbocycles. The van der Waals surface area contributed by atoms with Gasteiger partial charge in [0, 0.05) is 0 Å². The fourth-order valence-electron chi connectivity index (χ4n) is 2.71. The van der Waals surface area contributed by atoms with Crippen molar-refractivity contribution in [3.8, 4) is 5.75 Å². The number of rotatable bonds is 3. The molecule has 112 valence electrons. The lowest BCUT2D eigenvalue weighted by Gasteiger charge is -2.30. The number of hydrogen-bond acceptors (Lipinski definition) is 4. The number of cyclic esters (lactones) is 1. The maximum absolute atomic E-state index is 12.1. The molecule has 5 nitrogen and oxygen atoms in total. The number of ether oxygens (including phenoxy) is 2. The number of fused-ring (bicyclic) bond motifs is 1. The largest absolute Gasteiger partial charge is 0.497 e. The van der Waals surface area contributed by atoms with E-state index in [1.54, 1.807) is 48.5 Å². The summed E-state index contributed by atoms with van der Waals surface area (Å²) >= 11 is 0. The van der Waals surface area contributed by atoms with Gasteiger partial charge in [0.2, 0.25) is 0 Å². The third-order valence-electron chi connectivity index (χ3n) is 3.74. The molecule has 0 spiro atoms. The van der Waals surface area contributed by atoms with Crippen molar-refractivity contribution in [2.75, 3.05) is 7.11 Å². The van der Waals surface area contributed by atoms with Gasteiger partial charge in [-0.25, -0.2) is 4.79 Å². The van der Waals surface area contributed by atoms with Gasteiger partial charge in [0.05, 0.1) is 12.7 Å². The van der Waals surface area contributed by atoms with Crippen molar-refractivity contribution in [3.63, 3.8) is 0 Å². The first-order valence-corrected chi connectivity index (χ1v) is 6.78. The van der Waals surface area contributed by atoms with E-state index in [1.165, 1.54) is 7.11 Å². The first-order valence-electron chi connectivity index (χ1n) is 6.78. The maximum atomic E-state index is 12.1. The van der Waals surface area contributed by atoms with Crippen LogP contribution in [0, 0.1) is 0 Å². The van der Waals surface area contributed by atoms with E-state index >= 15 is 0 Å². The highest BCUT2D eigenvalue weighted by molar-refractivity contribution is 5.96. The van der Waals surface area contributed by atoms with E-state index in [-0.39, 0.29) is 0 Å². The molecule has 5 heteroatoms. The number of hydrogen-bond donors (Lipinski definition) is 1. The molecule has 1 N–H and O–H groups in total. The second-order valence-corrected chi connectivity index (χ2v) is 5.01. The monoisotopic (exact) mass is 298 g/mol. The quantitative estimate of drug-likeness (QED) is 0.882. The zero-order valence-corrected chi connectivity index (χ0v) is 11.9. The topological polar surface area (TPSA) is 72.8 Å². The molecular formula is C17H14O5. The van der Waals surface area contributed by atoms with E-state index in [9.17, 15) is 14.7 Å². The predicted octanol–water partition coefficient (Wildman–Crippen LogP) is 2.78. The van der Waals surface area contributed by atoms with Crippen molar-refractivity contribution in [1.82, 2.24) is 0 Å². The van der Waals surface area contributed by atoms with E-state index in [0.717, 1.165) is 0 Å². The highest BCUT2D eigenvalue weighted by Gasteiger charge is 2.41. The van der Waals surface area contributed by atoms with Gasteiger partial charge in [-0.3, -0.25) is 4.79 Å². The molecule has 0 amide bonds. The number of aliphatic carboxylic acids is 1. The number of benzene rings is 2. The van der Waals surface area contributed by atoms with Crippen LogP contribution in [0.2, 0.25) is 0 Å². The molecule has 0 unspecified atom stereocenters. The van der Waals surface area contributed by atoms with Gasteiger partial charge in [-0.15, -0.1) is 0 Å². The van der Waals surface area contributed by atoms with Crippen LogP contribution < -0.4 is 4.74 Å². The molecule has 22 heavy (non-hydrogen) atoms. The summed E-state index contributed by atoms with van der Waals surface area (Å²) in [6.45, 7) is 0. The maximum Gasteiger partial charge on any atom is 0.339 e. The van der Waals surface area contributed by atoms with E-state index in [2.05, 4.69) is 0 Å². The predicted molar refractivity (Wildman–Crippen MR) is 78.0 cm³/mol. The van der Waals surface area contributed by atoms with Crippen LogP contribution in [-0.4, -0.2) is 24.2 Å². The third kappa shape index (κ3) is 2.30. The molecular weight excluding hydrogens is 284 g/mol. The van der Waals surface area contributed by atoms with Crippen molar-refractivity contribution >= 4 is 11.9 Å². The van der Waals surface area contributed by atoms with Gasteiger partial charge in [-0.2, -0.15) is 0 Å². The smallest absolute Gasteiger partial charge is 0.339 e. The summed E-state index contributed by atoms with van der Waals surface area (Å²) in [7, 11) is 1.52. The number of carboxylic acid groups (broad SMARTS) is 1. The Labute approximate surface area is 127 Å². The molecule has 3 rings (SSSR count). The fourth-order valence-corrected chi connectivity index (χ4v) is 2.71. The van der Waals surface area contributed by atoms with Crippen LogP contribution in [0.1, 0.15) is 33.5 Å². The van der Waals surface area contributed by atoms with Gasteiger partial charge in [0.1, 0.15) is 17.8 Å². The van der Waals surface area contributed by atoms with Crippen LogP contribution in [-0.2, 0) is 9.53 Å². The summed E-state index contributed by atoms with van der Waals surface area (Å²) in [6.07, 6.45) is -0.880. The van der Waals surface area contributed by atoms with Crippen molar-refractivity contribution in [2.24, 2.45) is 0 Å². The van der Waals surface area contributed by atoms with Gasteiger partial charge in [-0.1, -0.05) is 30.3 Å². The molecule has 0 saturated heterocycles. The summed E-state index contributed by atoms with van der Waals surface area (Å²) in [6, 6.07) is 13.5. The number of carboxylic acids is 1. The van der Waals surface area contributed by atoms with Crippen LogP contribution in [0.25, 0.3) is 0 Å². The van der Waals surface area contributed by atoms with E-state index in [0.29, 0.717) is 22.4 Å². The highest BCUT2D eigenvalue weighted by atomic mass is 16.5. The Hall–Kier alpha value is -2.82. The Morgan fingerprint density at radius 2 is 1.95 bits per heavy atom. The molecule has 0 saturated carbocycles. The average molecular weight is 298 g/mol. The summed E-state index contributed by atoms with van der Waals surface area (Å²) in [5.41, 5.74) is 1.36.